The van der Waals surface area contributed by atoms with Crippen LogP contribution < -0.4 is 0 Å². The molecular weight excluding hydrogens is 451 g/mol. The van der Waals surface area contributed by atoms with Gasteiger partial charge in [0.05, 0.1) is 29.9 Å². The van der Waals surface area contributed by atoms with Gasteiger partial charge in [0.2, 0.25) is 5.91 Å². The number of para-hydroxylation sites is 1. The molecule has 0 aliphatic heterocycles. The molecule has 0 N–H and O–H groups in total. The van der Waals surface area contributed by atoms with Crippen molar-refractivity contribution in [1.29, 1.82) is 0 Å². The van der Waals surface area contributed by atoms with Crippen molar-refractivity contribution in [2.75, 3.05) is 0 Å². The number of amides is 1. The molecule has 1 amide bonds. The van der Waals surface area contributed by atoms with Crippen LogP contribution in [0.3, 0.4) is 0 Å². The number of carbonyl (C=O) groups is 1. The van der Waals surface area contributed by atoms with Crippen LogP contribution in [-0.2, 0) is 29.1 Å². The fraction of sp³-hybridized carbons (Fsp3) is 0.161. The number of carbonyl (C=O) groups excluding carboxylic acids is 1. The molecule has 1 heterocycles. The lowest BCUT2D eigenvalue weighted by molar-refractivity contribution is -0.129. The monoisotopic (exact) mass is 480 g/mol. The van der Waals surface area contributed by atoms with Crippen molar-refractivity contribution in [2.45, 2.75) is 33.4 Å². The van der Waals surface area contributed by atoms with E-state index >= 15 is 0 Å². The maximum Gasteiger partial charge on any atom is 0.231 e. The zero-order valence-corrected chi connectivity index (χ0v) is 20.5. The van der Waals surface area contributed by atoms with Gasteiger partial charge in [-0.2, -0.15) is 0 Å². The third kappa shape index (κ3) is 6.66. The summed E-state index contributed by atoms with van der Waals surface area (Å²) in [7, 11) is 0. The minimum absolute atomic E-state index is 0.0164. The Bertz CT molecular complexity index is 1400. The van der Waals surface area contributed by atoms with E-state index in [-0.39, 0.29) is 18.1 Å². The van der Waals surface area contributed by atoms with Gasteiger partial charge in [-0.15, -0.1) is 0 Å². The Hall–Kier alpha value is -4.25. The van der Waals surface area contributed by atoms with Crippen LogP contribution in [0, 0.1) is 5.82 Å². The second-order valence-electron chi connectivity index (χ2n) is 8.60. The summed E-state index contributed by atoms with van der Waals surface area (Å²) in [5, 5.41) is 1.09. The molecule has 0 aliphatic rings. The SMILES string of the molecule is CC(=CC=C(C)N(Cc1ccccc1)C(=O)Cc1ccccc1F)OCc1ccc2ccccc2n1. The van der Waals surface area contributed by atoms with E-state index in [1.165, 1.54) is 6.07 Å². The largest absolute Gasteiger partial charge is 0.492 e. The predicted octanol–water partition coefficient (Wildman–Crippen LogP) is 6.97. The molecule has 1 aromatic heterocycles. The van der Waals surface area contributed by atoms with Crippen molar-refractivity contribution in [3.63, 3.8) is 0 Å². The normalized spacial score (nSPS) is 12.0. The molecule has 5 heteroatoms. The van der Waals surface area contributed by atoms with Crippen LogP contribution in [-0.4, -0.2) is 15.8 Å². The smallest absolute Gasteiger partial charge is 0.231 e. The van der Waals surface area contributed by atoms with Gasteiger partial charge in [-0.1, -0.05) is 72.8 Å². The van der Waals surface area contributed by atoms with Crippen LogP contribution in [0.2, 0.25) is 0 Å². The first-order valence-corrected chi connectivity index (χ1v) is 11.9. The fourth-order valence-corrected chi connectivity index (χ4v) is 3.83. The molecule has 0 fully saturated rings. The number of benzene rings is 3. The lowest BCUT2D eigenvalue weighted by Crippen LogP contribution is -2.30. The number of hydrogen-bond donors (Lipinski definition) is 0. The van der Waals surface area contributed by atoms with E-state index in [0.29, 0.717) is 24.5 Å². The van der Waals surface area contributed by atoms with E-state index in [2.05, 4.69) is 4.98 Å². The average molecular weight is 481 g/mol. The highest BCUT2D eigenvalue weighted by Gasteiger charge is 2.18. The van der Waals surface area contributed by atoms with E-state index in [1.54, 1.807) is 23.1 Å². The Morgan fingerprint density at radius 1 is 0.889 bits per heavy atom. The lowest BCUT2D eigenvalue weighted by atomic mass is 10.1. The number of ether oxygens (including phenoxy) is 1. The maximum atomic E-state index is 14.2. The minimum Gasteiger partial charge on any atom is -0.492 e. The topological polar surface area (TPSA) is 42.4 Å². The van der Waals surface area contributed by atoms with Gasteiger partial charge in [0.15, 0.2) is 0 Å². The van der Waals surface area contributed by atoms with Gasteiger partial charge in [-0.3, -0.25) is 4.79 Å². The first-order chi connectivity index (χ1) is 17.5. The van der Waals surface area contributed by atoms with Crippen LogP contribution in [0.1, 0.15) is 30.7 Å². The van der Waals surface area contributed by atoms with Crippen LogP contribution in [0.25, 0.3) is 10.9 Å². The van der Waals surface area contributed by atoms with Gasteiger partial charge in [0.1, 0.15) is 12.4 Å². The third-order valence-corrected chi connectivity index (χ3v) is 5.87. The predicted molar refractivity (Wildman–Crippen MR) is 141 cm³/mol. The standard InChI is InChI=1S/C31H29FN2O2/c1-23(16-17-24(2)36-22-28-19-18-26-12-7-9-15-30(26)33-28)34(21-25-10-4-3-5-11-25)31(35)20-27-13-6-8-14-29(27)32/h3-19H,20-22H2,1-2H3. The quantitative estimate of drug-likeness (QED) is 0.192. The molecule has 0 saturated carbocycles. The summed E-state index contributed by atoms with van der Waals surface area (Å²) in [6.07, 6.45) is 3.67. The highest BCUT2D eigenvalue weighted by atomic mass is 19.1. The fourth-order valence-electron chi connectivity index (χ4n) is 3.83. The molecule has 0 saturated heterocycles. The summed E-state index contributed by atoms with van der Waals surface area (Å²) in [6, 6.07) is 28.1. The Balaban J connectivity index is 1.47. The molecule has 0 aliphatic carbocycles. The van der Waals surface area contributed by atoms with Crippen LogP contribution >= 0.6 is 0 Å². The molecule has 4 nitrogen and oxygen atoms in total. The number of fused-ring (bicyclic) bond motifs is 1. The molecule has 3 aromatic carbocycles. The van der Waals surface area contributed by atoms with E-state index < -0.39 is 0 Å². The molecule has 182 valence electrons. The van der Waals surface area contributed by atoms with Crippen molar-refractivity contribution in [3.05, 3.63) is 137 Å². The Morgan fingerprint density at radius 2 is 1.61 bits per heavy atom. The van der Waals surface area contributed by atoms with Crippen molar-refractivity contribution < 1.29 is 13.9 Å². The lowest BCUT2D eigenvalue weighted by Gasteiger charge is -2.24. The molecule has 4 aromatic rings. The average Bonchev–Trinajstić information content (AvgIpc) is 2.91. The Morgan fingerprint density at radius 3 is 2.42 bits per heavy atom. The first-order valence-electron chi connectivity index (χ1n) is 11.9. The number of rotatable bonds is 9. The van der Waals surface area contributed by atoms with Gasteiger partial charge in [-0.05, 0) is 55.3 Å². The van der Waals surface area contributed by atoms with Crippen LogP contribution in [0.15, 0.2) is 115 Å². The third-order valence-electron chi connectivity index (χ3n) is 5.87. The number of pyridine rings is 1. The summed E-state index contributed by atoms with van der Waals surface area (Å²) < 4.78 is 20.1. The van der Waals surface area contributed by atoms with Gasteiger partial charge >= 0.3 is 0 Å². The van der Waals surface area contributed by atoms with Crippen molar-refractivity contribution in [2.24, 2.45) is 0 Å². The maximum absolute atomic E-state index is 14.2. The van der Waals surface area contributed by atoms with E-state index in [9.17, 15) is 9.18 Å². The highest BCUT2D eigenvalue weighted by molar-refractivity contribution is 5.80. The van der Waals surface area contributed by atoms with Crippen molar-refractivity contribution >= 4 is 16.8 Å². The van der Waals surface area contributed by atoms with Gasteiger partial charge in [0, 0.05) is 11.1 Å². The molecule has 36 heavy (non-hydrogen) atoms. The van der Waals surface area contributed by atoms with E-state index in [1.807, 2.05) is 92.7 Å². The number of halogens is 1. The second-order valence-corrected chi connectivity index (χ2v) is 8.60. The zero-order valence-electron chi connectivity index (χ0n) is 20.5. The van der Waals surface area contributed by atoms with E-state index in [4.69, 9.17) is 4.74 Å². The Kier molecular flexibility index (Phi) is 8.24. The van der Waals surface area contributed by atoms with E-state index in [0.717, 1.165) is 27.9 Å². The summed E-state index contributed by atoms with van der Waals surface area (Å²) >= 11 is 0. The molecule has 0 radical (unpaired) electrons. The van der Waals surface area contributed by atoms with Crippen LogP contribution in [0.4, 0.5) is 4.39 Å². The summed E-state index contributed by atoms with van der Waals surface area (Å²) in [4.78, 5) is 19.5. The number of aromatic nitrogens is 1. The Labute approximate surface area is 211 Å². The van der Waals surface area contributed by atoms with Gasteiger partial charge < -0.3 is 9.64 Å². The minimum atomic E-state index is -0.376. The summed E-state index contributed by atoms with van der Waals surface area (Å²) in [6.45, 7) is 4.48. The van der Waals surface area contributed by atoms with Crippen molar-refractivity contribution in [1.82, 2.24) is 9.88 Å². The first kappa shape index (κ1) is 24.9. The zero-order chi connectivity index (χ0) is 25.3. The number of nitrogens with zero attached hydrogens (tertiary/aromatic N) is 2. The van der Waals surface area contributed by atoms with Crippen LogP contribution in [0.5, 0.6) is 0 Å². The molecular formula is C31H29FN2O2. The molecule has 0 spiro atoms. The summed E-state index contributed by atoms with van der Waals surface area (Å²) in [5.41, 5.74) is 3.89. The molecule has 0 bridgehead atoms. The number of hydrogen-bond acceptors (Lipinski definition) is 3. The van der Waals surface area contributed by atoms with Gasteiger partial charge in [0.25, 0.3) is 0 Å². The highest BCUT2D eigenvalue weighted by Crippen LogP contribution is 2.17. The summed E-state index contributed by atoms with van der Waals surface area (Å²) in [5.74, 6) is 0.147. The second kappa shape index (κ2) is 11.9. The molecule has 0 unspecified atom stereocenters. The molecule has 4 rings (SSSR count). The van der Waals surface area contributed by atoms with Crippen molar-refractivity contribution in [3.8, 4) is 0 Å². The number of allylic oxidation sites excluding steroid dienone is 4. The van der Waals surface area contributed by atoms with Gasteiger partial charge in [-0.25, -0.2) is 9.37 Å². The molecule has 0 atom stereocenters.